The molecule has 4 aromatic rings. The van der Waals surface area contributed by atoms with Gasteiger partial charge >= 0.3 is 17.6 Å². The molecule has 17 heteroatoms. The Bertz CT molecular complexity index is 1870. The van der Waals surface area contributed by atoms with Crippen LogP contribution in [0.3, 0.4) is 0 Å². The van der Waals surface area contributed by atoms with Crippen molar-refractivity contribution in [2.24, 2.45) is 0 Å². The lowest BCUT2D eigenvalue weighted by atomic mass is 10.1. The first-order chi connectivity index (χ1) is 21.8. The number of carbonyl (C=O) groups excluding carboxylic acids is 2. The maximum absolute atomic E-state index is 15.0. The average Bonchev–Trinajstić information content (AvgIpc) is 3.52. The fourth-order valence-corrected chi connectivity index (χ4v) is 6.03. The summed E-state index contributed by atoms with van der Waals surface area (Å²) in [6, 6.07) is 14.2. The molecule has 1 saturated heterocycles. The van der Waals surface area contributed by atoms with E-state index in [2.05, 4.69) is 10.1 Å². The first-order valence-electron chi connectivity index (χ1n) is 13.7. The summed E-state index contributed by atoms with van der Waals surface area (Å²) in [4.78, 5) is 51.4. The number of hydrogen-bond donors (Lipinski definition) is 4. The second-order valence-corrected chi connectivity index (χ2v) is 13.4. The predicted molar refractivity (Wildman–Crippen MR) is 160 cm³/mol. The Morgan fingerprint density at radius 2 is 1.93 bits per heavy atom. The minimum absolute atomic E-state index is 0.0779. The molecule has 0 bridgehead atoms. The lowest BCUT2D eigenvalue weighted by Crippen LogP contribution is -2.42. The Balaban J connectivity index is 1.19. The lowest BCUT2D eigenvalue weighted by Gasteiger charge is -2.21. The Kier molecular flexibility index (Phi) is 9.79. The van der Waals surface area contributed by atoms with Crippen LogP contribution in [0.5, 0.6) is 0 Å². The summed E-state index contributed by atoms with van der Waals surface area (Å²) in [5.41, 5.74) is 0.846. The molecule has 1 unspecified atom stereocenters. The van der Waals surface area contributed by atoms with E-state index in [9.17, 15) is 29.5 Å². The van der Waals surface area contributed by atoms with Crippen molar-refractivity contribution in [2.45, 2.75) is 50.9 Å². The van der Waals surface area contributed by atoms with Gasteiger partial charge in [-0.05, 0) is 54.6 Å². The molecule has 0 spiro atoms. The number of aliphatic hydroxyl groups is 2. The van der Waals surface area contributed by atoms with E-state index in [0.717, 1.165) is 23.2 Å². The number of nitrogens with one attached hydrogen (secondary N) is 1. The van der Waals surface area contributed by atoms with Gasteiger partial charge in [-0.3, -0.25) is 19.2 Å². The van der Waals surface area contributed by atoms with Crippen molar-refractivity contribution in [1.29, 1.82) is 0 Å². The Hall–Kier alpha value is -3.89. The Morgan fingerprint density at radius 3 is 2.63 bits per heavy atom. The van der Waals surface area contributed by atoms with E-state index in [0.29, 0.717) is 21.5 Å². The number of aromatic nitrogens is 2. The normalized spacial score (nSPS) is 20.3. The molecular weight excluding hydrogens is 651 g/mol. The van der Waals surface area contributed by atoms with Crippen molar-refractivity contribution in [3.05, 3.63) is 99.4 Å². The average molecular weight is 680 g/mol. The summed E-state index contributed by atoms with van der Waals surface area (Å²) in [6.07, 6.45) is -6.07. The van der Waals surface area contributed by atoms with Crippen LogP contribution in [0.25, 0.3) is 11.0 Å². The topological polar surface area (TPSA) is 183 Å². The summed E-state index contributed by atoms with van der Waals surface area (Å²) in [5.74, 6) is -5.23. The number of carbonyl (C=O) groups is 2. The predicted octanol–water partition coefficient (Wildman–Crippen LogP) is 2.63. The summed E-state index contributed by atoms with van der Waals surface area (Å²) < 4.78 is 51.7. The number of fused-ring (bicyclic) bond motifs is 1. The van der Waals surface area contributed by atoms with Crippen LogP contribution in [0, 0.1) is 6.92 Å². The highest BCUT2D eigenvalue weighted by Gasteiger charge is 2.60. The molecular formula is C29H28F2N3O10PS. The van der Waals surface area contributed by atoms with Gasteiger partial charge in [0.15, 0.2) is 6.10 Å². The number of rotatable bonds is 11. The number of hydrogen-bond acceptors (Lipinski definition) is 11. The van der Waals surface area contributed by atoms with Crippen LogP contribution in [0.1, 0.15) is 39.2 Å². The molecule has 13 nitrogen and oxygen atoms in total. The van der Waals surface area contributed by atoms with Crippen LogP contribution >= 0.6 is 6.64 Å². The molecule has 1 amide bonds. The Labute approximate surface area is 264 Å². The van der Waals surface area contributed by atoms with Gasteiger partial charge in [0.1, 0.15) is 24.1 Å². The van der Waals surface area contributed by atoms with Crippen LogP contribution in [0.4, 0.5) is 8.78 Å². The maximum Gasteiger partial charge on any atom is 0.350 e. The molecule has 1 aliphatic heterocycles. The van der Waals surface area contributed by atoms with Crippen LogP contribution in [0.2, 0.25) is 0 Å². The summed E-state index contributed by atoms with van der Waals surface area (Å²) in [6.45, 7) is -3.49. The van der Waals surface area contributed by atoms with Gasteiger partial charge in [0.2, 0.25) is 6.23 Å². The van der Waals surface area contributed by atoms with Gasteiger partial charge in [0.25, 0.3) is 12.5 Å². The van der Waals surface area contributed by atoms with Gasteiger partial charge in [-0.15, -0.1) is 0 Å². The van der Waals surface area contributed by atoms with Crippen molar-refractivity contribution in [3.63, 3.8) is 0 Å². The molecule has 1 aliphatic rings. The molecule has 4 atom stereocenters. The first-order valence-corrected chi connectivity index (χ1v) is 16.4. The van der Waals surface area contributed by atoms with Crippen molar-refractivity contribution in [2.75, 3.05) is 6.61 Å². The Morgan fingerprint density at radius 1 is 1.20 bits per heavy atom. The molecule has 1 fully saturated rings. The number of furan rings is 1. The zero-order chi connectivity index (χ0) is 33.2. The van der Waals surface area contributed by atoms with E-state index in [1.807, 2.05) is 13.0 Å². The monoisotopic (exact) mass is 679 g/mol. The van der Waals surface area contributed by atoms with Gasteiger partial charge in [0, 0.05) is 22.7 Å². The molecule has 5 rings (SSSR count). The smallest absolute Gasteiger partial charge is 0.350 e. The summed E-state index contributed by atoms with van der Waals surface area (Å²) in [5, 5.41) is 22.6. The number of alkyl halides is 2. The maximum atomic E-state index is 15.0. The number of amides is 1. The van der Waals surface area contributed by atoms with Crippen molar-refractivity contribution < 1.29 is 51.9 Å². The molecule has 46 heavy (non-hydrogen) atoms. The lowest BCUT2D eigenvalue weighted by molar-refractivity contribution is -0.144. The first kappa shape index (κ1) is 33.5. The SMILES string of the molecule is Cc1cc(CO)c2oc(COC(=O)Cc3ccn([C@@H]4O[C@H](COP(O)(=S)NC(=O)c5ccccc5)[C@@H](O)C4(F)F)c(=O)n3)cc2c1. The van der Waals surface area contributed by atoms with Gasteiger partial charge in [0.05, 0.1) is 25.3 Å². The second kappa shape index (κ2) is 13.5. The highest BCUT2D eigenvalue weighted by molar-refractivity contribution is 8.08. The van der Waals surface area contributed by atoms with Crippen LogP contribution in [0.15, 0.2) is 70.0 Å². The van der Waals surface area contributed by atoms with E-state index in [1.54, 1.807) is 30.3 Å². The minimum Gasteiger partial charge on any atom is -0.457 e. The third kappa shape index (κ3) is 7.39. The van der Waals surface area contributed by atoms with Crippen molar-refractivity contribution in [3.8, 4) is 0 Å². The fourth-order valence-electron chi connectivity index (χ4n) is 4.80. The summed E-state index contributed by atoms with van der Waals surface area (Å²) >= 11 is 4.89. The fraction of sp³-hybridized carbons (Fsp3) is 0.310. The van der Waals surface area contributed by atoms with E-state index in [-0.39, 0.29) is 24.5 Å². The quantitative estimate of drug-likeness (QED) is 0.135. The van der Waals surface area contributed by atoms with E-state index in [4.69, 9.17) is 30.2 Å². The van der Waals surface area contributed by atoms with Gasteiger partial charge in [-0.1, -0.05) is 24.3 Å². The molecule has 0 aliphatic carbocycles. The number of aliphatic hydroxyl groups excluding tert-OH is 2. The van der Waals surface area contributed by atoms with Gasteiger partial charge in [-0.2, -0.15) is 13.8 Å². The largest absolute Gasteiger partial charge is 0.457 e. The number of ether oxygens (including phenoxy) is 2. The highest BCUT2D eigenvalue weighted by Crippen LogP contribution is 2.45. The van der Waals surface area contributed by atoms with Crippen molar-refractivity contribution >= 4 is 41.3 Å². The van der Waals surface area contributed by atoms with Crippen LogP contribution in [-0.4, -0.2) is 61.3 Å². The molecule has 0 saturated carbocycles. The minimum atomic E-state index is -4.04. The van der Waals surface area contributed by atoms with E-state index < -0.39 is 61.6 Å². The molecule has 244 valence electrons. The third-order valence-corrected chi connectivity index (χ3v) is 8.55. The number of nitrogens with zero attached hydrogens (tertiary/aromatic N) is 2. The molecule has 2 aromatic carbocycles. The third-order valence-electron chi connectivity index (χ3n) is 6.97. The molecule has 0 radical (unpaired) electrons. The summed E-state index contributed by atoms with van der Waals surface area (Å²) in [7, 11) is 0. The van der Waals surface area contributed by atoms with Gasteiger partial charge < -0.3 is 33.5 Å². The molecule has 4 N–H and O–H groups in total. The molecule has 2 aromatic heterocycles. The van der Waals surface area contributed by atoms with Crippen LogP contribution in [-0.2, 0) is 50.2 Å². The standard InChI is InChI=1S/C29H28F2N3O10PS/c1-16-9-18-11-21(43-24(18)19(10-16)13-35)14-41-23(36)12-20-7-8-34(28(39)32-20)27-29(30,31)25(37)22(44-27)15-42-45(40,46)33-26(38)17-5-3-2-4-6-17/h2-11,22,25,27,35,37H,12-15H2,1H3,(H2,33,38,40,46)/t22-,25-,27-,45?/m1/s1. The number of benzene rings is 2. The van der Waals surface area contributed by atoms with Crippen LogP contribution < -0.4 is 10.8 Å². The number of aryl methyl sites for hydroxylation is 1. The van der Waals surface area contributed by atoms with E-state index >= 15 is 8.78 Å². The van der Waals surface area contributed by atoms with Crippen molar-refractivity contribution in [1.82, 2.24) is 14.6 Å². The second-order valence-electron chi connectivity index (χ2n) is 10.4. The molecule has 3 heterocycles. The number of halogens is 2. The zero-order valence-electron chi connectivity index (χ0n) is 24.0. The van der Waals surface area contributed by atoms with Gasteiger partial charge in [-0.25, -0.2) is 4.79 Å². The zero-order valence-corrected chi connectivity index (χ0v) is 25.8. The van der Waals surface area contributed by atoms with E-state index in [1.165, 1.54) is 12.1 Å². The highest BCUT2D eigenvalue weighted by atomic mass is 32.5. The number of esters is 1.